The fraction of sp³-hybridized carbons (Fsp3) is 0.476. The van der Waals surface area contributed by atoms with Gasteiger partial charge in [-0.15, -0.1) is 0 Å². The average molecular weight is 447 g/mol. The molecule has 1 unspecified atom stereocenters. The number of nitrogens with one attached hydrogen (secondary N) is 2. The minimum Gasteiger partial charge on any atom is -0.484 e. The Morgan fingerprint density at radius 2 is 2.03 bits per heavy atom. The third-order valence-corrected chi connectivity index (χ3v) is 5.08. The summed E-state index contributed by atoms with van der Waals surface area (Å²) in [4.78, 5) is 63.0. The van der Waals surface area contributed by atoms with Crippen molar-refractivity contribution >= 4 is 29.9 Å². The molecule has 174 valence electrons. The molecule has 0 radical (unpaired) electrons. The van der Waals surface area contributed by atoms with Crippen molar-refractivity contribution in [3.8, 4) is 5.75 Å². The zero-order valence-corrected chi connectivity index (χ0v) is 18.3. The summed E-state index contributed by atoms with van der Waals surface area (Å²) in [6.07, 6.45) is 0.842. The number of carbonyl (C=O) groups excluding carboxylic acids is 5. The van der Waals surface area contributed by atoms with E-state index in [0.29, 0.717) is 25.9 Å². The van der Waals surface area contributed by atoms with Crippen molar-refractivity contribution in [2.45, 2.75) is 18.9 Å². The van der Waals surface area contributed by atoms with Gasteiger partial charge in [-0.1, -0.05) is 0 Å². The number of benzene rings is 1. The van der Waals surface area contributed by atoms with Crippen LogP contribution in [0.3, 0.4) is 0 Å². The number of hydrogen-bond donors (Lipinski definition) is 3. The first-order valence-electron chi connectivity index (χ1n) is 10.2. The van der Waals surface area contributed by atoms with E-state index in [1.807, 2.05) is 11.9 Å². The van der Waals surface area contributed by atoms with E-state index in [4.69, 9.17) is 10.5 Å². The second-order valence-corrected chi connectivity index (χ2v) is 7.48. The van der Waals surface area contributed by atoms with Crippen molar-refractivity contribution in [2.24, 2.45) is 5.73 Å². The van der Waals surface area contributed by atoms with Gasteiger partial charge in [0, 0.05) is 45.2 Å². The highest BCUT2D eigenvalue weighted by atomic mass is 16.5. The molecule has 2 rings (SSSR count). The zero-order chi connectivity index (χ0) is 23.7. The number of nitrogens with zero attached hydrogens (tertiary/aromatic N) is 2. The molecule has 1 fully saturated rings. The van der Waals surface area contributed by atoms with Crippen LogP contribution < -0.4 is 21.1 Å². The smallest absolute Gasteiger partial charge is 0.257 e. The predicted octanol–water partition coefficient (Wildman–Crippen LogP) is -1.24. The van der Waals surface area contributed by atoms with E-state index < -0.39 is 17.9 Å². The van der Waals surface area contributed by atoms with Gasteiger partial charge in [-0.3, -0.25) is 29.3 Å². The average Bonchev–Trinajstić information content (AvgIpc) is 2.76. The number of ether oxygens (including phenoxy) is 1. The summed E-state index contributed by atoms with van der Waals surface area (Å²) in [5.74, 6) is -1.63. The van der Waals surface area contributed by atoms with Crippen LogP contribution in [-0.2, 0) is 14.4 Å². The first-order valence-corrected chi connectivity index (χ1v) is 10.2. The van der Waals surface area contributed by atoms with Crippen LogP contribution in [0.2, 0.25) is 0 Å². The molecule has 1 aliphatic heterocycles. The normalized spacial score (nSPS) is 15.8. The predicted molar refractivity (Wildman–Crippen MR) is 115 cm³/mol. The van der Waals surface area contributed by atoms with Gasteiger partial charge in [-0.05, 0) is 31.7 Å². The lowest BCUT2D eigenvalue weighted by atomic mass is 10.0. The molecule has 11 heteroatoms. The number of piperidine rings is 1. The van der Waals surface area contributed by atoms with Gasteiger partial charge in [-0.2, -0.15) is 0 Å². The number of imide groups is 1. The maximum atomic E-state index is 13.0. The Morgan fingerprint density at radius 3 is 2.69 bits per heavy atom. The number of nitrogens with two attached hydrogens (primary N) is 1. The summed E-state index contributed by atoms with van der Waals surface area (Å²) in [6, 6.07) is 3.42. The van der Waals surface area contributed by atoms with Crippen molar-refractivity contribution in [3.05, 3.63) is 29.3 Å². The lowest BCUT2D eigenvalue weighted by molar-refractivity contribution is -0.136. The molecule has 0 bridgehead atoms. The van der Waals surface area contributed by atoms with Crippen LogP contribution >= 0.6 is 0 Å². The number of hydrogen-bond acceptors (Lipinski definition) is 8. The number of likely N-dealkylation sites (N-methyl/N-ethyl adjacent to an activating group) is 2. The lowest BCUT2D eigenvalue weighted by Crippen LogP contribution is -2.53. The fourth-order valence-corrected chi connectivity index (χ4v) is 3.21. The molecule has 1 aromatic rings. The molecule has 1 heterocycles. The van der Waals surface area contributed by atoms with Gasteiger partial charge in [0.2, 0.25) is 11.8 Å². The van der Waals surface area contributed by atoms with E-state index in [1.165, 1.54) is 30.1 Å². The Labute approximate surface area is 186 Å². The number of aldehydes is 1. The maximum absolute atomic E-state index is 13.0. The van der Waals surface area contributed by atoms with Crippen molar-refractivity contribution < 1.29 is 28.7 Å². The van der Waals surface area contributed by atoms with Gasteiger partial charge in [0.1, 0.15) is 11.8 Å². The molecule has 1 aliphatic rings. The SMILES string of the molecule is CN(CCN)CCNC(=O)COc1ccc(C=O)c(C(=O)N(C)C2CCC(=O)NC2=O)c1. The van der Waals surface area contributed by atoms with Crippen LogP contribution in [0, 0.1) is 0 Å². The topological polar surface area (TPSA) is 151 Å². The van der Waals surface area contributed by atoms with E-state index in [-0.39, 0.29) is 48.1 Å². The zero-order valence-electron chi connectivity index (χ0n) is 18.3. The molecular formula is C21H29N5O6. The van der Waals surface area contributed by atoms with E-state index in [9.17, 15) is 24.0 Å². The highest BCUT2D eigenvalue weighted by molar-refractivity contribution is 6.06. The van der Waals surface area contributed by atoms with Crippen LogP contribution in [0.5, 0.6) is 5.75 Å². The minimum atomic E-state index is -0.826. The first kappa shape index (κ1) is 25.0. The standard InChI is InChI=1S/C21H29N5O6/c1-25(9-7-22)10-8-23-19(29)13-32-15-4-3-14(12-27)16(11-15)21(31)26(2)17-5-6-18(28)24-20(17)30/h3-4,11-12,17H,5-10,13,22H2,1-2H3,(H,23,29)(H,24,28,30). The van der Waals surface area contributed by atoms with Crippen LogP contribution in [0.25, 0.3) is 0 Å². The van der Waals surface area contributed by atoms with Gasteiger partial charge >= 0.3 is 0 Å². The number of amides is 4. The Hall–Kier alpha value is -3.31. The van der Waals surface area contributed by atoms with Crippen molar-refractivity contribution in [2.75, 3.05) is 46.9 Å². The molecule has 1 aromatic carbocycles. The fourth-order valence-electron chi connectivity index (χ4n) is 3.21. The Balaban J connectivity index is 2.00. The van der Waals surface area contributed by atoms with Gasteiger partial charge < -0.3 is 25.6 Å². The molecule has 4 amide bonds. The van der Waals surface area contributed by atoms with Crippen LogP contribution in [0.15, 0.2) is 18.2 Å². The number of carbonyl (C=O) groups is 5. The number of rotatable bonds is 11. The Morgan fingerprint density at radius 1 is 1.28 bits per heavy atom. The summed E-state index contributed by atoms with van der Waals surface area (Å²) in [6.45, 7) is 2.06. The Kier molecular flexibility index (Phi) is 9.29. The summed E-state index contributed by atoms with van der Waals surface area (Å²) < 4.78 is 5.47. The van der Waals surface area contributed by atoms with Crippen molar-refractivity contribution in [3.63, 3.8) is 0 Å². The molecular weight excluding hydrogens is 418 g/mol. The second-order valence-electron chi connectivity index (χ2n) is 7.48. The largest absolute Gasteiger partial charge is 0.484 e. The van der Waals surface area contributed by atoms with Crippen LogP contribution in [0.4, 0.5) is 0 Å². The van der Waals surface area contributed by atoms with Gasteiger partial charge in [0.15, 0.2) is 12.9 Å². The molecule has 0 saturated carbocycles. The molecule has 32 heavy (non-hydrogen) atoms. The molecule has 11 nitrogen and oxygen atoms in total. The highest BCUT2D eigenvalue weighted by Gasteiger charge is 2.33. The van der Waals surface area contributed by atoms with Gasteiger partial charge in [-0.25, -0.2) is 0 Å². The quantitative estimate of drug-likeness (QED) is 0.282. The van der Waals surface area contributed by atoms with E-state index in [0.717, 1.165) is 6.54 Å². The van der Waals surface area contributed by atoms with Crippen LogP contribution in [0.1, 0.15) is 33.6 Å². The third kappa shape index (κ3) is 6.86. The van der Waals surface area contributed by atoms with Crippen molar-refractivity contribution in [1.29, 1.82) is 0 Å². The lowest BCUT2D eigenvalue weighted by Gasteiger charge is -2.30. The minimum absolute atomic E-state index is 0.0357. The monoisotopic (exact) mass is 447 g/mol. The second kappa shape index (κ2) is 11.9. The Bertz CT molecular complexity index is 874. The van der Waals surface area contributed by atoms with Gasteiger partial charge in [0.05, 0.1) is 5.56 Å². The van der Waals surface area contributed by atoms with Crippen LogP contribution in [-0.4, -0.2) is 92.6 Å². The van der Waals surface area contributed by atoms with E-state index in [1.54, 1.807) is 0 Å². The molecule has 1 atom stereocenters. The highest BCUT2D eigenvalue weighted by Crippen LogP contribution is 2.21. The molecule has 0 aromatic heterocycles. The summed E-state index contributed by atoms with van der Waals surface area (Å²) in [7, 11) is 3.33. The summed E-state index contributed by atoms with van der Waals surface area (Å²) in [5.41, 5.74) is 5.62. The van der Waals surface area contributed by atoms with E-state index in [2.05, 4.69) is 10.6 Å². The third-order valence-electron chi connectivity index (χ3n) is 5.08. The molecule has 1 saturated heterocycles. The maximum Gasteiger partial charge on any atom is 0.257 e. The molecule has 4 N–H and O–H groups in total. The van der Waals surface area contributed by atoms with Crippen molar-refractivity contribution in [1.82, 2.24) is 20.4 Å². The summed E-state index contributed by atoms with van der Waals surface area (Å²) >= 11 is 0. The molecule has 0 spiro atoms. The molecule has 0 aliphatic carbocycles. The summed E-state index contributed by atoms with van der Waals surface area (Å²) in [5, 5.41) is 4.92. The first-order chi connectivity index (χ1) is 15.3. The van der Waals surface area contributed by atoms with Gasteiger partial charge in [0.25, 0.3) is 11.8 Å². The van der Waals surface area contributed by atoms with E-state index >= 15 is 0 Å².